The van der Waals surface area contributed by atoms with Crippen LogP contribution in [0.4, 0.5) is 4.79 Å². The highest BCUT2D eigenvalue weighted by Crippen LogP contribution is 2.47. The average Bonchev–Trinajstić information content (AvgIpc) is 3.17. The van der Waals surface area contributed by atoms with Gasteiger partial charge in [-0.15, -0.1) is 12.4 Å². The molecule has 0 saturated carbocycles. The van der Waals surface area contributed by atoms with Gasteiger partial charge < -0.3 is 15.2 Å². The number of aromatic nitrogens is 3. The number of ether oxygens (including phenoxy) is 1. The van der Waals surface area contributed by atoms with E-state index in [-0.39, 0.29) is 30.8 Å². The highest BCUT2D eigenvalue weighted by molar-refractivity contribution is 5.94. The molecule has 3 atom stereocenters. The summed E-state index contributed by atoms with van der Waals surface area (Å²) >= 11 is 0. The predicted molar refractivity (Wildman–Crippen MR) is 158 cm³/mol. The molecule has 1 amide bonds. The van der Waals surface area contributed by atoms with Crippen LogP contribution < -0.4 is 21.4 Å². The first-order chi connectivity index (χ1) is 19.3. The predicted octanol–water partition coefficient (Wildman–Crippen LogP) is 3.31. The van der Waals surface area contributed by atoms with Gasteiger partial charge in [0.1, 0.15) is 17.4 Å². The third-order valence-corrected chi connectivity index (χ3v) is 8.69. The van der Waals surface area contributed by atoms with Gasteiger partial charge in [-0.05, 0) is 76.1 Å². The van der Waals surface area contributed by atoms with Gasteiger partial charge in [0.25, 0.3) is 0 Å². The topological polar surface area (TPSA) is 128 Å². The molecule has 2 N–H and O–H groups in total. The van der Waals surface area contributed by atoms with Crippen molar-refractivity contribution in [2.75, 3.05) is 13.1 Å². The lowest BCUT2D eigenvalue weighted by Gasteiger charge is -2.48. The van der Waals surface area contributed by atoms with Crippen molar-refractivity contribution in [1.82, 2.24) is 24.1 Å². The number of Topliss-reactive ketones (excluding diaryl/α,β-unsaturated/α-hetero) is 1. The van der Waals surface area contributed by atoms with Crippen LogP contribution in [0.25, 0.3) is 5.69 Å². The van der Waals surface area contributed by atoms with Gasteiger partial charge in [0, 0.05) is 30.3 Å². The maximum Gasteiger partial charge on any atom is 0.408 e. The normalized spacial score (nSPS) is 23.8. The number of carboxylic acid groups (broad SMARTS) is 1. The monoisotopic (exact) mass is 595 g/mol. The molecule has 11 nitrogen and oxygen atoms in total. The molecule has 0 spiro atoms. The number of amides is 1. The summed E-state index contributed by atoms with van der Waals surface area (Å²) < 4.78 is 10.5. The molecule has 0 aliphatic carbocycles. The lowest BCUT2D eigenvalue weighted by molar-refractivity contribution is 0.0339. The van der Waals surface area contributed by atoms with E-state index in [4.69, 9.17) is 4.74 Å². The first-order valence-electron chi connectivity index (χ1n) is 13.7. The Labute approximate surface area is 248 Å². The number of hydrogen-bond donors (Lipinski definition) is 2. The second-order valence-electron chi connectivity index (χ2n) is 11.8. The van der Waals surface area contributed by atoms with Crippen molar-refractivity contribution in [2.45, 2.75) is 64.4 Å². The standard InChI is InChI=1S/C30H33N5O6.ClH/c1-17-15-31-16-30(5,34(17)28(39)40)20-8-11-22-24(14-20)41-29(3,4)23-12-13-32-26(37)33(27(38)35(32)25(22)23)21-9-6-19(7-10-21)18(2)36;/h6-12,14,17,25,31H,13,15-16H2,1-5H3,(H,39,40);1H. The number of fused-ring (bicyclic) bond motifs is 5. The van der Waals surface area contributed by atoms with Crippen LogP contribution in [0.2, 0.25) is 0 Å². The molecule has 0 bridgehead atoms. The molecular weight excluding hydrogens is 562 g/mol. The number of carbonyl (C=O) groups is 2. The number of hydrogen-bond acceptors (Lipinski definition) is 6. The Morgan fingerprint density at radius 1 is 1.05 bits per heavy atom. The van der Waals surface area contributed by atoms with E-state index in [0.717, 1.165) is 15.7 Å². The van der Waals surface area contributed by atoms with Crippen molar-refractivity contribution in [1.29, 1.82) is 0 Å². The van der Waals surface area contributed by atoms with Gasteiger partial charge in [0.15, 0.2) is 5.78 Å². The fourth-order valence-electron chi connectivity index (χ4n) is 6.63. The number of nitrogens with one attached hydrogen (secondary N) is 1. The lowest BCUT2D eigenvalue weighted by Crippen LogP contribution is -2.63. The van der Waals surface area contributed by atoms with E-state index >= 15 is 0 Å². The molecule has 222 valence electrons. The summed E-state index contributed by atoms with van der Waals surface area (Å²) in [4.78, 5) is 53.0. The summed E-state index contributed by atoms with van der Waals surface area (Å²) in [5.41, 5.74) is 0.586. The molecule has 1 aromatic heterocycles. The van der Waals surface area contributed by atoms with Crippen LogP contribution >= 0.6 is 12.4 Å². The van der Waals surface area contributed by atoms with Crippen molar-refractivity contribution in [2.24, 2.45) is 0 Å². The van der Waals surface area contributed by atoms with Crippen LogP contribution in [0.1, 0.15) is 62.1 Å². The molecule has 4 heterocycles. The molecule has 12 heteroatoms. The van der Waals surface area contributed by atoms with Crippen molar-refractivity contribution < 1.29 is 19.4 Å². The summed E-state index contributed by atoms with van der Waals surface area (Å²) in [7, 11) is 0. The second kappa shape index (κ2) is 10.0. The highest BCUT2D eigenvalue weighted by atomic mass is 35.5. The van der Waals surface area contributed by atoms with Gasteiger partial charge in [-0.2, -0.15) is 0 Å². The number of nitrogens with zero attached hydrogens (tertiary/aromatic N) is 4. The molecule has 0 radical (unpaired) electrons. The number of rotatable bonds is 3. The second-order valence-corrected chi connectivity index (χ2v) is 11.8. The number of benzene rings is 2. The van der Waals surface area contributed by atoms with Gasteiger partial charge in [-0.25, -0.2) is 28.3 Å². The summed E-state index contributed by atoms with van der Waals surface area (Å²) in [5.74, 6) is 0.427. The van der Waals surface area contributed by atoms with Crippen molar-refractivity contribution in [3.8, 4) is 11.4 Å². The van der Waals surface area contributed by atoms with Crippen LogP contribution in [0.5, 0.6) is 5.75 Å². The number of carbonyl (C=O) groups excluding carboxylic acids is 1. The Morgan fingerprint density at radius 2 is 1.74 bits per heavy atom. The van der Waals surface area contributed by atoms with E-state index in [1.54, 1.807) is 24.3 Å². The van der Waals surface area contributed by atoms with Crippen LogP contribution in [0, 0.1) is 0 Å². The molecular formula is C30H34ClN5O6. The first-order valence-corrected chi connectivity index (χ1v) is 13.7. The minimum atomic E-state index is -0.994. The summed E-state index contributed by atoms with van der Waals surface area (Å²) in [6.07, 6.45) is 0.942. The van der Waals surface area contributed by atoms with Gasteiger partial charge in [-0.1, -0.05) is 18.2 Å². The lowest BCUT2D eigenvalue weighted by atomic mass is 9.80. The van der Waals surface area contributed by atoms with Crippen molar-refractivity contribution >= 4 is 24.3 Å². The van der Waals surface area contributed by atoms with Gasteiger partial charge in [0.2, 0.25) is 0 Å². The quantitative estimate of drug-likeness (QED) is 0.351. The van der Waals surface area contributed by atoms with E-state index in [1.807, 2.05) is 52.0 Å². The van der Waals surface area contributed by atoms with E-state index in [1.165, 1.54) is 21.2 Å². The molecule has 6 rings (SSSR count). The molecule has 1 saturated heterocycles. The zero-order chi connectivity index (χ0) is 29.4. The Kier molecular flexibility index (Phi) is 7.02. The largest absolute Gasteiger partial charge is 0.483 e. The number of halogens is 1. The van der Waals surface area contributed by atoms with Crippen LogP contribution in [0.15, 0.2) is 63.7 Å². The fraction of sp³-hybridized carbons (Fsp3) is 0.400. The number of ketones is 1. The van der Waals surface area contributed by atoms with Gasteiger partial charge in [0.05, 0.1) is 17.8 Å². The first kappa shape index (κ1) is 29.4. The number of allylic oxidation sites excluding steroid dienone is 1. The molecule has 3 aliphatic rings. The third-order valence-electron chi connectivity index (χ3n) is 8.69. The molecule has 42 heavy (non-hydrogen) atoms. The summed E-state index contributed by atoms with van der Waals surface area (Å²) in [5, 5.41) is 13.4. The molecule has 3 aromatic rings. The Morgan fingerprint density at radius 3 is 2.38 bits per heavy atom. The smallest absolute Gasteiger partial charge is 0.408 e. The van der Waals surface area contributed by atoms with Gasteiger partial charge >= 0.3 is 17.5 Å². The van der Waals surface area contributed by atoms with Crippen LogP contribution in [-0.4, -0.2) is 60.5 Å². The Bertz CT molecular complexity index is 1750. The van der Waals surface area contributed by atoms with E-state index < -0.39 is 34.7 Å². The SMILES string of the molecule is CC(=O)c1ccc(-n2c(=O)n3n(c2=O)C2C(=CC3)C(C)(C)Oc3cc(C4(C)CNCC(C)N4C(=O)O)ccc32)cc1.Cl. The zero-order valence-corrected chi connectivity index (χ0v) is 24.9. The Hall–Kier alpha value is -4.09. The summed E-state index contributed by atoms with van der Waals surface area (Å²) in [6, 6.07) is 11.2. The average molecular weight is 596 g/mol. The zero-order valence-electron chi connectivity index (χ0n) is 24.1. The van der Waals surface area contributed by atoms with Crippen molar-refractivity contribution in [3.63, 3.8) is 0 Å². The fourth-order valence-corrected chi connectivity index (χ4v) is 6.63. The molecule has 1 fully saturated rings. The Balaban J connectivity index is 0.00000353. The molecule has 2 aromatic carbocycles. The van der Waals surface area contributed by atoms with E-state index in [0.29, 0.717) is 35.7 Å². The van der Waals surface area contributed by atoms with E-state index in [9.17, 15) is 24.3 Å². The highest BCUT2D eigenvalue weighted by Gasteiger charge is 2.46. The maximum atomic E-state index is 13.9. The molecule has 3 aliphatic heterocycles. The third kappa shape index (κ3) is 4.21. The minimum absolute atomic E-state index is 0. The van der Waals surface area contributed by atoms with Gasteiger partial charge in [-0.3, -0.25) is 9.69 Å². The number of piperazine rings is 1. The minimum Gasteiger partial charge on any atom is -0.483 e. The van der Waals surface area contributed by atoms with Crippen LogP contribution in [0.3, 0.4) is 0 Å². The van der Waals surface area contributed by atoms with Crippen LogP contribution in [-0.2, 0) is 12.1 Å². The van der Waals surface area contributed by atoms with E-state index in [2.05, 4.69) is 5.32 Å². The summed E-state index contributed by atoms with van der Waals surface area (Å²) in [6.45, 7) is 10.3. The molecule has 3 unspecified atom stereocenters. The van der Waals surface area contributed by atoms with Crippen molar-refractivity contribution in [3.05, 3.63) is 91.8 Å². The maximum absolute atomic E-state index is 13.9.